The third-order valence-electron chi connectivity index (χ3n) is 4.38. The number of hydrogen-bond donors (Lipinski definition) is 3. The highest BCUT2D eigenvalue weighted by Gasteiger charge is 2.26. The Morgan fingerprint density at radius 2 is 1.86 bits per heavy atom. The van der Waals surface area contributed by atoms with Gasteiger partial charge in [-0.3, -0.25) is 0 Å². The molecule has 0 aromatic heterocycles. The van der Waals surface area contributed by atoms with Crippen LogP contribution in [-0.4, -0.2) is 22.3 Å². The average molecular weight is 298 g/mol. The van der Waals surface area contributed by atoms with Crippen molar-refractivity contribution in [2.24, 2.45) is 0 Å². The molecule has 0 saturated heterocycles. The van der Waals surface area contributed by atoms with Crippen molar-refractivity contribution >= 4 is 28.1 Å². The number of phenolic OH excluding ortho intramolecular Hbond substituents is 1. The molecule has 3 nitrogen and oxygen atoms in total. The van der Waals surface area contributed by atoms with Gasteiger partial charge in [-0.25, -0.2) is 0 Å². The average Bonchev–Trinajstić information content (AvgIpc) is 3.26. The zero-order chi connectivity index (χ0) is 14.4. The molecule has 1 atom stereocenters. The number of hydrogen-bond acceptors (Lipinski definition) is 2. The van der Waals surface area contributed by atoms with Gasteiger partial charge in [0, 0.05) is 17.6 Å². The van der Waals surface area contributed by atoms with Gasteiger partial charge in [0.1, 0.15) is 5.75 Å². The molecule has 0 aliphatic heterocycles. The van der Waals surface area contributed by atoms with Gasteiger partial charge in [-0.1, -0.05) is 24.3 Å². The maximum absolute atomic E-state index is 10.2. The smallest absolute Gasteiger partial charge is 0.166 e. The Balaban J connectivity index is 1.62. The zero-order valence-electron chi connectivity index (χ0n) is 11.7. The van der Waals surface area contributed by atoms with Crippen LogP contribution >= 0.6 is 12.2 Å². The fraction of sp³-hybridized carbons (Fsp3) is 0.353. The minimum atomic E-state index is 0.246. The van der Waals surface area contributed by atoms with Gasteiger partial charge in [-0.15, -0.1) is 0 Å². The molecule has 0 heterocycles. The Morgan fingerprint density at radius 1 is 1.05 bits per heavy atom. The third kappa shape index (κ3) is 2.44. The van der Waals surface area contributed by atoms with E-state index >= 15 is 0 Å². The molecule has 2 aromatic rings. The maximum atomic E-state index is 10.2. The number of aromatic hydroxyl groups is 1. The van der Waals surface area contributed by atoms with Gasteiger partial charge < -0.3 is 15.7 Å². The Bertz CT molecular complexity index is 724. The Morgan fingerprint density at radius 3 is 2.67 bits per heavy atom. The number of rotatable bonds is 2. The van der Waals surface area contributed by atoms with Gasteiger partial charge in [0.15, 0.2) is 5.11 Å². The normalized spacial score (nSPS) is 20.3. The lowest BCUT2D eigenvalue weighted by atomic mass is 9.85. The maximum Gasteiger partial charge on any atom is 0.166 e. The second-order valence-corrected chi connectivity index (χ2v) is 6.48. The van der Waals surface area contributed by atoms with Crippen molar-refractivity contribution in [3.8, 4) is 5.75 Å². The van der Waals surface area contributed by atoms with Crippen LogP contribution in [0.25, 0.3) is 10.8 Å². The van der Waals surface area contributed by atoms with E-state index in [9.17, 15) is 5.11 Å². The first kappa shape index (κ1) is 12.9. The lowest BCUT2D eigenvalue weighted by molar-refractivity contribution is 0.461. The molecule has 2 aromatic carbocycles. The Kier molecular flexibility index (Phi) is 3.00. The van der Waals surface area contributed by atoms with E-state index in [1.807, 2.05) is 6.07 Å². The molecule has 4 rings (SSSR count). The predicted octanol–water partition coefficient (Wildman–Crippen LogP) is 2.64. The van der Waals surface area contributed by atoms with E-state index in [-0.39, 0.29) is 6.04 Å². The minimum absolute atomic E-state index is 0.246. The largest absolute Gasteiger partial charge is 0.508 e. The molecule has 0 amide bonds. The van der Waals surface area contributed by atoms with Gasteiger partial charge in [0.05, 0.1) is 0 Å². The summed E-state index contributed by atoms with van der Waals surface area (Å²) in [4.78, 5) is 0. The van der Waals surface area contributed by atoms with Crippen LogP contribution in [0.5, 0.6) is 5.75 Å². The van der Waals surface area contributed by atoms with E-state index in [1.54, 1.807) is 6.07 Å². The minimum Gasteiger partial charge on any atom is -0.508 e. The Hall–Kier alpha value is -1.81. The van der Waals surface area contributed by atoms with Crippen LogP contribution in [0.3, 0.4) is 0 Å². The zero-order valence-corrected chi connectivity index (χ0v) is 12.5. The van der Waals surface area contributed by atoms with E-state index < -0.39 is 0 Å². The van der Waals surface area contributed by atoms with E-state index in [0.29, 0.717) is 11.8 Å². The van der Waals surface area contributed by atoms with E-state index in [0.717, 1.165) is 23.5 Å². The first-order chi connectivity index (χ1) is 10.2. The summed E-state index contributed by atoms with van der Waals surface area (Å²) in [5.41, 5.74) is 2.33. The monoisotopic (exact) mass is 298 g/mol. The van der Waals surface area contributed by atoms with Crippen molar-refractivity contribution < 1.29 is 5.11 Å². The van der Waals surface area contributed by atoms with Gasteiger partial charge in [-0.2, -0.15) is 0 Å². The van der Waals surface area contributed by atoms with Crippen molar-refractivity contribution in [3.05, 3.63) is 41.5 Å². The van der Waals surface area contributed by atoms with Crippen molar-refractivity contribution in [2.45, 2.75) is 37.8 Å². The van der Waals surface area contributed by atoms with Crippen molar-refractivity contribution in [1.82, 2.24) is 10.6 Å². The first-order valence-corrected chi connectivity index (χ1v) is 7.91. The Labute approximate surface area is 129 Å². The van der Waals surface area contributed by atoms with Crippen LogP contribution < -0.4 is 10.6 Å². The number of nitrogens with one attached hydrogen (secondary N) is 2. The molecule has 4 heteroatoms. The molecule has 1 fully saturated rings. The van der Waals surface area contributed by atoms with Crippen molar-refractivity contribution in [1.29, 1.82) is 0 Å². The molecule has 0 spiro atoms. The summed E-state index contributed by atoms with van der Waals surface area (Å²) >= 11 is 5.38. The van der Waals surface area contributed by atoms with Gasteiger partial charge in [-0.05, 0) is 60.3 Å². The van der Waals surface area contributed by atoms with Crippen molar-refractivity contribution in [2.75, 3.05) is 0 Å². The molecule has 2 aliphatic carbocycles. The fourth-order valence-electron chi connectivity index (χ4n) is 3.23. The van der Waals surface area contributed by atoms with Crippen molar-refractivity contribution in [3.63, 3.8) is 0 Å². The quantitative estimate of drug-likeness (QED) is 0.746. The van der Waals surface area contributed by atoms with Gasteiger partial charge in [0.25, 0.3) is 0 Å². The first-order valence-electron chi connectivity index (χ1n) is 7.50. The van der Waals surface area contributed by atoms with Crippen LogP contribution in [0.15, 0.2) is 30.3 Å². The topological polar surface area (TPSA) is 44.3 Å². The molecular weight excluding hydrogens is 280 g/mol. The molecular formula is C17H18N2OS. The molecule has 1 unspecified atom stereocenters. The fourth-order valence-corrected chi connectivity index (χ4v) is 3.56. The SMILES string of the molecule is Oc1ccc2cccc3c2c1CC(NC(=S)NC1CC1)C3. The summed E-state index contributed by atoms with van der Waals surface area (Å²) in [6, 6.07) is 10.9. The summed E-state index contributed by atoms with van der Waals surface area (Å²) in [5, 5.41) is 20.1. The van der Waals surface area contributed by atoms with Gasteiger partial charge in [0.2, 0.25) is 0 Å². The highest BCUT2D eigenvalue weighted by Crippen LogP contribution is 2.35. The molecule has 0 radical (unpaired) electrons. The number of thiocarbonyl (C=S) groups is 1. The van der Waals surface area contributed by atoms with E-state index in [2.05, 4.69) is 28.8 Å². The molecule has 2 aliphatic rings. The second-order valence-electron chi connectivity index (χ2n) is 6.08. The van der Waals surface area contributed by atoms with Crippen LogP contribution in [0.1, 0.15) is 24.0 Å². The summed E-state index contributed by atoms with van der Waals surface area (Å²) in [5.74, 6) is 0.391. The molecule has 3 N–H and O–H groups in total. The van der Waals surface area contributed by atoms with Crippen LogP contribution in [0.2, 0.25) is 0 Å². The standard InChI is InChI=1S/C17H18N2OS/c20-15-7-4-10-2-1-3-11-8-13(9-14(15)16(10)11)19-17(21)18-12-5-6-12/h1-4,7,12-13,20H,5-6,8-9H2,(H2,18,19,21). The summed E-state index contributed by atoms with van der Waals surface area (Å²) in [7, 11) is 0. The summed E-state index contributed by atoms with van der Waals surface area (Å²) < 4.78 is 0. The lowest BCUT2D eigenvalue weighted by Crippen LogP contribution is -2.45. The second kappa shape index (κ2) is 4.88. The van der Waals surface area contributed by atoms with Crippen LogP contribution in [0.4, 0.5) is 0 Å². The molecule has 0 bridgehead atoms. The molecule has 21 heavy (non-hydrogen) atoms. The van der Waals surface area contributed by atoms with Crippen LogP contribution in [-0.2, 0) is 12.8 Å². The molecule has 108 valence electrons. The number of phenols is 1. The summed E-state index contributed by atoms with van der Waals surface area (Å²) in [6.45, 7) is 0. The highest BCUT2D eigenvalue weighted by molar-refractivity contribution is 7.80. The number of benzene rings is 2. The van der Waals surface area contributed by atoms with Gasteiger partial charge >= 0.3 is 0 Å². The highest BCUT2D eigenvalue weighted by atomic mass is 32.1. The van der Waals surface area contributed by atoms with E-state index in [4.69, 9.17) is 12.2 Å². The van der Waals surface area contributed by atoms with E-state index in [1.165, 1.54) is 29.2 Å². The predicted molar refractivity (Wildman–Crippen MR) is 88.7 cm³/mol. The lowest BCUT2D eigenvalue weighted by Gasteiger charge is -2.27. The summed E-state index contributed by atoms with van der Waals surface area (Å²) in [6.07, 6.45) is 4.19. The molecule has 1 saturated carbocycles. The van der Waals surface area contributed by atoms with Crippen LogP contribution in [0, 0.1) is 0 Å². The third-order valence-corrected chi connectivity index (χ3v) is 4.62.